The number of nitrogens with zero attached hydrogens (tertiary/aromatic N) is 1. The fourth-order valence-electron chi connectivity index (χ4n) is 2.31. The first-order valence-electron chi connectivity index (χ1n) is 7.15. The molecule has 7 heteroatoms. The van der Waals surface area contributed by atoms with E-state index in [-0.39, 0.29) is 17.5 Å². The van der Waals surface area contributed by atoms with Crippen LogP contribution in [0.5, 0.6) is 0 Å². The highest BCUT2D eigenvalue weighted by Crippen LogP contribution is 2.23. The lowest BCUT2D eigenvalue weighted by Gasteiger charge is -2.18. The quantitative estimate of drug-likeness (QED) is 0.790. The molecule has 0 aliphatic heterocycles. The summed E-state index contributed by atoms with van der Waals surface area (Å²) >= 11 is 0. The highest BCUT2D eigenvalue weighted by Gasteiger charge is 2.20. The third-order valence-corrected chi connectivity index (χ3v) is 3.47. The molecule has 0 spiro atoms. The van der Waals surface area contributed by atoms with Gasteiger partial charge in [-0.25, -0.2) is 13.6 Å². The Hall–Kier alpha value is -2.28. The molecule has 0 saturated heterocycles. The number of H-pyrrole nitrogens is 1. The van der Waals surface area contributed by atoms with Gasteiger partial charge in [0.1, 0.15) is 11.6 Å². The first-order chi connectivity index (χ1) is 10.7. The van der Waals surface area contributed by atoms with Crippen molar-refractivity contribution in [1.29, 1.82) is 0 Å². The molecule has 0 saturated carbocycles. The van der Waals surface area contributed by atoms with Gasteiger partial charge in [-0.2, -0.15) is 5.10 Å². The van der Waals surface area contributed by atoms with Crippen molar-refractivity contribution in [1.82, 2.24) is 15.5 Å². The minimum atomic E-state index is -1.37. The van der Waals surface area contributed by atoms with Crippen molar-refractivity contribution in [3.8, 4) is 0 Å². The summed E-state index contributed by atoms with van der Waals surface area (Å²) in [5.41, 5.74) is 1.16. The Balaban J connectivity index is 2.08. The minimum Gasteiger partial charge on any atom is -0.478 e. The minimum absolute atomic E-state index is 0.0493. The SMILES string of the molecule is CC(C)(C)c1[nH]ncc1CNCc1c(F)cc(C(=O)O)cc1F. The van der Waals surface area contributed by atoms with Crippen LogP contribution >= 0.6 is 0 Å². The number of carboxylic acid groups (broad SMARTS) is 1. The number of hydrogen-bond acceptors (Lipinski definition) is 3. The average molecular weight is 323 g/mol. The number of benzene rings is 1. The molecule has 2 rings (SSSR count). The molecular weight excluding hydrogens is 304 g/mol. The van der Waals surface area contributed by atoms with Crippen LogP contribution in [0.3, 0.4) is 0 Å². The molecule has 0 unspecified atom stereocenters. The highest BCUT2D eigenvalue weighted by atomic mass is 19.1. The summed E-state index contributed by atoms with van der Waals surface area (Å²) in [4.78, 5) is 10.8. The maximum atomic E-state index is 13.8. The summed E-state index contributed by atoms with van der Waals surface area (Å²) in [5.74, 6) is -3.12. The summed E-state index contributed by atoms with van der Waals surface area (Å²) in [7, 11) is 0. The summed E-state index contributed by atoms with van der Waals surface area (Å²) in [6, 6.07) is 1.64. The van der Waals surface area contributed by atoms with Gasteiger partial charge in [0.25, 0.3) is 0 Å². The second-order valence-corrected chi connectivity index (χ2v) is 6.35. The molecule has 0 amide bonds. The molecule has 0 bridgehead atoms. The van der Waals surface area contributed by atoms with Crippen LogP contribution in [0.15, 0.2) is 18.3 Å². The fourth-order valence-corrected chi connectivity index (χ4v) is 2.31. The Kier molecular flexibility index (Phi) is 4.79. The lowest BCUT2D eigenvalue weighted by molar-refractivity contribution is 0.0695. The van der Waals surface area contributed by atoms with E-state index in [9.17, 15) is 13.6 Å². The molecule has 3 N–H and O–H groups in total. The van der Waals surface area contributed by atoms with E-state index in [0.29, 0.717) is 6.54 Å². The number of carbonyl (C=O) groups is 1. The Morgan fingerprint density at radius 3 is 2.39 bits per heavy atom. The van der Waals surface area contributed by atoms with Gasteiger partial charge in [0, 0.05) is 35.3 Å². The van der Waals surface area contributed by atoms with E-state index >= 15 is 0 Å². The molecule has 0 atom stereocenters. The number of rotatable bonds is 5. The molecule has 1 aromatic heterocycles. The maximum absolute atomic E-state index is 13.8. The van der Waals surface area contributed by atoms with Crippen LogP contribution in [0.25, 0.3) is 0 Å². The summed E-state index contributed by atoms with van der Waals surface area (Å²) in [6.45, 7) is 6.45. The van der Waals surface area contributed by atoms with Crippen LogP contribution in [0.4, 0.5) is 8.78 Å². The van der Waals surface area contributed by atoms with Gasteiger partial charge in [-0.05, 0) is 12.1 Å². The molecule has 124 valence electrons. The first kappa shape index (κ1) is 17.1. The van der Waals surface area contributed by atoms with E-state index in [0.717, 1.165) is 23.4 Å². The Morgan fingerprint density at radius 2 is 1.87 bits per heavy atom. The third-order valence-electron chi connectivity index (χ3n) is 3.47. The normalized spacial score (nSPS) is 11.7. The molecule has 0 radical (unpaired) electrons. The van der Waals surface area contributed by atoms with E-state index in [1.165, 1.54) is 0 Å². The van der Waals surface area contributed by atoms with Crippen LogP contribution in [-0.4, -0.2) is 21.3 Å². The second kappa shape index (κ2) is 6.45. The third kappa shape index (κ3) is 3.92. The molecule has 23 heavy (non-hydrogen) atoms. The predicted octanol–water partition coefficient (Wildman–Crippen LogP) is 2.97. The first-order valence-corrected chi connectivity index (χ1v) is 7.15. The van der Waals surface area contributed by atoms with Gasteiger partial charge in [-0.1, -0.05) is 20.8 Å². The number of halogens is 2. The fraction of sp³-hybridized carbons (Fsp3) is 0.375. The van der Waals surface area contributed by atoms with Gasteiger partial charge in [-0.15, -0.1) is 0 Å². The zero-order valence-corrected chi connectivity index (χ0v) is 13.2. The zero-order chi connectivity index (χ0) is 17.2. The second-order valence-electron chi connectivity index (χ2n) is 6.35. The number of carboxylic acids is 1. The van der Waals surface area contributed by atoms with Crippen LogP contribution in [0.1, 0.15) is 48.0 Å². The molecule has 1 heterocycles. The molecule has 2 aromatic rings. The van der Waals surface area contributed by atoms with Crippen LogP contribution in [0, 0.1) is 11.6 Å². The van der Waals surface area contributed by atoms with Crippen molar-refractivity contribution >= 4 is 5.97 Å². The van der Waals surface area contributed by atoms with Crippen LogP contribution < -0.4 is 5.32 Å². The lowest BCUT2D eigenvalue weighted by atomic mass is 9.89. The van der Waals surface area contributed by atoms with Crippen molar-refractivity contribution in [3.05, 3.63) is 52.3 Å². The van der Waals surface area contributed by atoms with Crippen molar-refractivity contribution in [2.75, 3.05) is 0 Å². The van der Waals surface area contributed by atoms with E-state index in [1.54, 1.807) is 6.20 Å². The molecule has 0 aliphatic carbocycles. The van der Waals surface area contributed by atoms with Gasteiger partial charge in [0.2, 0.25) is 0 Å². The summed E-state index contributed by atoms with van der Waals surface area (Å²) in [6.07, 6.45) is 1.67. The number of aromatic amines is 1. The number of aromatic nitrogens is 2. The largest absolute Gasteiger partial charge is 0.478 e. The molecule has 1 aromatic carbocycles. The summed E-state index contributed by atoms with van der Waals surface area (Å²) < 4.78 is 27.7. The Labute approximate surface area is 132 Å². The maximum Gasteiger partial charge on any atom is 0.335 e. The number of nitrogens with one attached hydrogen (secondary N) is 2. The Bertz CT molecular complexity index is 697. The molecule has 5 nitrogen and oxygen atoms in total. The molecule has 0 aliphatic rings. The zero-order valence-electron chi connectivity index (χ0n) is 13.2. The molecule has 0 fully saturated rings. The standard InChI is InChI=1S/C16H19F2N3O2/c1-16(2,3)14-10(7-20-21-14)6-19-8-11-12(17)4-9(15(22)23)5-13(11)18/h4-5,7,19H,6,8H2,1-3H3,(H,20,21)(H,22,23). The number of hydrogen-bond donors (Lipinski definition) is 3. The van der Waals surface area contributed by atoms with E-state index in [1.807, 2.05) is 20.8 Å². The smallest absolute Gasteiger partial charge is 0.335 e. The Morgan fingerprint density at radius 1 is 1.26 bits per heavy atom. The topological polar surface area (TPSA) is 78.0 Å². The predicted molar refractivity (Wildman–Crippen MR) is 81.1 cm³/mol. The monoisotopic (exact) mass is 323 g/mol. The van der Waals surface area contributed by atoms with E-state index in [2.05, 4.69) is 15.5 Å². The van der Waals surface area contributed by atoms with E-state index in [4.69, 9.17) is 5.11 Å². The number of aromatic carboxylic acids is 1. The summed E-state index contributed by atoms with van der Waals surface area (Å²) in [5, 5.41) is 18.7. The van der Waals surface area contributed by atoms with Crippen molar-refractivity contribution in [2.45, 2.75) is 39.3 Å². The average Bonchev–Trinajstić information content (AvgIpc) is 2.89. The molecular formula is C16H19F2N3O2. The van der Waals surface area contributed by atoms with Gasteiger partial charge in [0.15, 0.2) is 0 Å². The highest BCUT2D eigenvalue weighted by molar-refractivity contribution is 5.87. The van der Waals surface area contributed by atoms with Crippen molar-refractivity contribution in [3.63, 3.8) is 0 Å². The van der Waals surface area contributed by atoms with Crippen molar-refractivity contribution < 1.29 is 18.7 Å². The van der Waals surface area contributed by atoms with Gasteiger partial charge in [-0.3, -0.25) is 5.10 Å². The van der Waals surface area contributed by atoms with Gasteiger partial charge >= 0.3 is 5.97 Å². The van der Waals surface area contributed by atoms with Gasteiger partial charge in [0.05, 0.1) is 11.8 Å². The lowest BCUT2D eigenvalue weighted by Crippen LogP contribution is -2.20. The van der Waals surface area contributed by atoms with Crippen molar-refractivity contribution in [2.24, 2.45) is 0 Å². The van der Waals surface area contributed by atoms with E-state index < -0.39 is 23.2 Å². The van der Waals surface area contributed by atoms with Crippen LogP contribution in [-0.2, 0) is 18.5 Å². The van der Waals surface area contributed by atoms with Gasteiger partial charge < -0.3 is 10.4 Å². The van der Waals surface area contributed by atoms with Crippen LogP contribution in [0.2, 0.25) is 0 Å².